The standard InChI is InChI=1S/C12H24O3/c1-4-15-12(10-5-6-10)11(13)9(2)7-8-14-3/h9-13H,4-8H2,1-3H3. The molecule has 1 N–H and O–H groups in total. The summed E-state index contributed by atoms with van der Waals surface area (Å²) < 4.78 is 10.7. The zero-order valence-corrected chi connectivity index (χ0v) is 10.1. The Morgan fingerprint density at radius 2 is 2.07 bits per heavy atom. The molecule has 1 aliphatic rings. The fraction of sp³-hybridized carbons (Fsp3) is 1.00. The van der Waals surface area contributed by atoms with Crippen LogP contribution in [0.2, 0.25) is 0 Å². The molecule has 1 aliphatic carbocycles. The summed E-state index contributed by atoms with van der Waals surface area (Å²) in [5, 5.41) is 10.2. The second-order valence-corrected chi connectivity index (χ2v) is 4.51. The lowest BCUT2D eigenvalue weighted by Crippen LogP contribution is -2.36. The zero-order valence-electron chi connectivity index (χ0n) is 10.1. The van der Waals surface area contributed by atoms with Crippen LogP contribution in [-0.2, 0) is 9.47 Å². The van der Waals surface area contributed by atoms with Gasteiger partial charge in [-0.25, -0.2) is 0 Å². The van der Waals surface area contributed by atoms with Gasteiger partial charge in [0.1, 0.15) is 0 Å². The molecule has 3 nitrogen and oxygen atoms in total. The Bertz CT molecular complexity index is 168. The predicted octanol–water partition coefficient (Wildman–Crippen LogP) is 1.83. The molecule has 1 rings (SSSR count). The largest absolute Gasteiger partial charge is 0.390 e. The van der Waals surface area contributed by atoms with Crippen molar-refractivity contribution in [1.29, 1.82) is 0 Å². The van der Waals surface area contributed by atoms with Crippen LogP contribution in [0.25, 0.3) is 0 Å². The van der Waals surface area contributed by atoms with Crippen LogP contribution in [0, 0.1) is 11.8 Å². The molecule has 0 heterocycles. The minimum atomic E-state index is -0.340. The topological polar surface area (TPSA) is 38.7 Å². The Hall–Kier alpha value is -0.120. The van der Waals surface area contributed by atoms with Crippen molar-refractivity contribution < 1.29 is 14.6 Å². The molecule has 1 saturated carbocycles. The van der Waals surface area contributed by atoms with E-state index >= 15 is 0 Å². The molecular formula is C12H24O3. The molecule has 3 atom stereocenters. The molecule has 0 aromatic rings. The fourth-order valence-electron chi connectivity index (χ4n) is 1.93. The lowest BCUT2D eigenvalue weighted by molar-refractivity contribution is -0.0697. The van der Waals surface area contributed by atoms with Crippen LogP contribution in [-0.4, -0.2) is 37.6 Å². The van der Waals surface area contributed by atoms with E-state index in [1.54, 1.807) is 7.11 Å². The highest BCUT2D eigenvalue weighted by Gasteiger charge is 2.38. The van der Waals surface area contributed by atoms with Gasteiger partial charge in [-0.2, -0.15) is 0 Å². The number of aliphatic hydroxyl groups is 1. The van der Waals surface area contributed by atoms with Crippen LogP contribution in [0.5, 0.6) is 0 Å². The number of methoxy groups -OCH3 is 1. The van der Waals surface area contributed by atoms with E-state index < -0.39 is 0 Å². The Balaban J connectivity index is 2.35. The summed E-state index contributed by atoms with van der Waals surface area (Å²) in [4.78, 5) is 0. The molecule has 0 aromatic heterocycles. The third kappa shape index (κ3) is 4.09. The molecule has 0 aromatic carbocycles. The third-order valence-electron chi connectivity index (χ3n) is 3.14. The SMILES string of the molecule is CCOC(C1CC1)C(O)C(C)CCOC. The second-order valence-electron chi connectivity index (χ2n) is 4.51. The number of rotatable bonds is 8. The highest BCUT2D eigenvalue weighted by Crippen LogP contribution is 2.37. The van der Waals surface area contributed by atoms with Crippen molar-refractivity contribution in [2.75, 3.05) is 20.3 Å². The molecule has 0 saturated heterocycles. The summed E-state index contributed by atoms with van der Waals surface area (Å²) in [6, 6.07) is 0. The van der Waals surface area contributed by atoms with Crippen molar-refractivity contribution in [1.82, 2.24) is 0 Å². The normalized spacial score (nSPS) is 22.4. The predicted molar refractivity (Wildman–Crippen MR) is 59.8 cm³/mol. The van der Waals surface area contributed by atoms with Gasteiger partial charge >= 0.3 is 0 Å². The zero-order chi connectivity index (χ0) is 11.3. The van der Waals surface area contributed by atoms with E-state index in [2.05, 4.69) is 6.92 Å². The van der Waals surface area contributed by atoms with Crippen LogP contribution in [0.3, 0.4) is 0 Å². The maximum atomic E-state index is 10.2. The summed E-state index contributed by atoms with van der Waals surface area (Å²) in [5.74, 6) is 0.840. The maximum Gasteiger partial charge on any atom is 0.0864 e. The molecule has 90 valence electrons. The van der Waals surface area contributed by atoms with Gasteiger partial charge in [0.15, 0.2) is 0 Å². The molecule has 0 radical (unpaired) electrons. The van der Waals surface area contributed by atoms with Crippen LogP contribution in [0.1, 0.15) is 33.1 Å². The molecule has 15 heavy (non-hydrogen) atoms. The second kappa shape index (κ2) is 6.46. The molecule has 1 fully saturated rings. The highest BCUT2D eigenvalue weighted by atomic mass is 16.5. The van der Waals surface area contributed by atoms with Gasteiger partial charge in [0.2, 0.25) is 0 Å². The molecule has 0 bridgehead atoms. The number of hydrogen-bond donors (Lipinski definition) is 1. The van der Waals surface area contributed by atoms with Gasteiger partial charge in [0.25, 0.3) is 0 Å². The Morgan fingerprint density at radius 1 is 1.40 bits per heavy atom. The summed E-state index contributed by atoms with van der Waals surface area (Å²) in [5.41, 5.74) is 0. The molecular weight excluding hydrogens is 192 g/mol. The van der Waals surface area contributed by atoms with Crippen molar-refractivity contribution in [2.24, 2.45) is 11.8 Å². The number of hydrogen-bond acceptors (Lipinski definition) is 3. The van der Waals surface area contributed by atoms with Crippen molar-refractivity contribution >= 4 is 0 Å². The van der Waals surface area contributed by atoms with Crippen molar-refractivity contribution in [3.8, 4) is 0 Å². The summed E-state index contributed by atoms with van der Waals surface area (Å²) in [6.07, 6.45) is 3.01. The minimum absolute atomic E-state index is 0.0434. The van der Waals surface area contributed by atoms with Gasteiger partial charge in [0, 0.05) is 20.3 Å². The molecule has 0 spiro atoms. The van der Waals surface area contributed by atoms with Gasteiger partial charge in [-0.15, -0.1) is 0 Å². The quantitative estimate of drug-likeness (QED) is 0.673. The minimum Gasteiger partial charge on any atom is -0.390 e. The average molecular weight is 216 g/mol. The monoisotopic (exact) mass is 216 g/mol. The lowest BCUT2D eigenvalue weighted by atomic mass is 9.94. The van der Waals surface area contributed by atoms with Crippen LogP contribution >= 0.6 is 0 Å². The van der Waals surface area contributed by atoms with Crippen LogP contribution in [0.4, 0.5) is 0 Å². The fourth-order valence-corrected chi connectivity index (χ4v) is 1.93. The van der Waals surface area contributed by atoms with E-state index in [4.69, 9.17) is 9.47 Å². The highest BCUT2D eigenvalue weighted by molar-refractivity contribution is 4.88. The van der Waals surface area contributed by atoms with Gasteiger partial charge in [-0.3, -0.25) is 0 Å². The molecule has 0 amide bonds. The van der Waals surface area contributed by atoms with Crippen molar-refractivity contribution in [2.45, 2.75) is 45.3 Å². The first kappa shape index (κ1) is 12.9. The van der Waals surface area contributed by atoms with Crippen LogP contribution in [0.15, 0.2) is 0 Å². The first-order valence-corrected chi connectivity index (χ1v) is 5.99. The van der Waals surface area contributed by atoms with E-state index in [1.807, 2.05) is 6.92 Å². The van der Waals surface area contributed by atoms with Crippen molar-refractivity contribution in [3.63, 3.8) is 0 Å². The average Bonchev–Trinajstić information content (AvgIpc) is 3.05. The maximum absolute atomic E-state index is 10.2. The smallest absolute Gasteiger partial charge is 0.0864 e. The molecule has 3 unspecified atom stereocenters. The van der Waals surface area contributed by atoms with E-state index in [0.717, 1.165) is 6.42 Å². The first-order valence-electron chi connectivity index (χ1n) is 5.99. The number of ether oxygens (including phenoxy) is 2. The van der Waals surface area contributed by atoms with E-state index in [9.17, 15) is 5.11 Å². The van der Waals surface area contributed by atoms with E-state index in [0.29, 0.717) is 19.1 Å². The summed E-state index contributed by atoms with van der Waals surface area (Å²) in [7, 11) is 1.69. The van der Waals surface area contributed by atoms with Gasteiger partial charge < -0.3 is 14.6 Å². The summed E-state index contributed by atoms with van der Waals surface area (Å²) in [6.45, 7) is 5.46. The Kier molecular flexibility index (Phi) is 5.58. The lowest BCUT2D eigenvalue weighted by Gasteiger charge is -2.27. The van der Waals surface area contributed by atoms with Gasteiger partial charge in [0.05, 0.1) is 12.2 Å². The molecule has 3 heteroatoms. The molecule has 0 aliphatic heterocycles. The Morgan fingerprint density at radius 3 is 2.53 bits per heavy atom. The summed E-state index contributed by atoms with van der Waals surface area (Å²) >= 11 is 0. The van der Waals surface area contributed by atoms with E-state index in [1.165, 1.54) is 12.8 Å². The van der Waals surface area contributed by atoms with Gasteiger partial charge in [-0.05, 0) is 38.0 Å². The van der Waals surface area contributed by atoms with E-state index in [-0.39, 0.29) is 18.1 Å². The first-order chi connectivity index (χ1) is 7.20. The third-order valence-corrected chi connectivity index (χ3v) is 3.14. The number of aliphatic hydroxyl groups excluding tert-OH is 1. The van der Waals surface area contributed by atoms with Crippen molar-refractivity contribution in [3.05, 3.63) is 0 Å². The van der Waals surface area contributed by atoms with Crippen LogP contribution < -0.4 is 0 Å². The van der Waals surface area contributed by atoms with Gasteiger partial charge in [-0.1, -0.05) is 6.92 Å². The Labute approximate surface area is 92.8 Å².